The van der Waals surface area contributed by atoms with Gasteiger partial charge in [0.25, 0.3) is 0 Å². The summed E-state index contributed by atoms with van der Waals surface area (Å²) in [6.07, 6.45) is 4.99. The summed E-state index contributed by atoms with van der Waals surface area (Å²) in [7, 11) is -5.11. The Balaban J connectivity index is 3.48. The van der Waals surface area contributed by atoms with Crippen LogP contribution in [0.15, 0.2) is 24.3 Å². The number of unbranched alkanes of at least 4 members (excludes halogenated alkanes) is 2. The van der Waals surface area contributed by atoms with E-state index in [1.54, 1.807) is 0 Å². The molecular weight excluding hydrogens is 432 g/mol. The third-order valence-electron chi connectivity index (χ3n) is 5.19. The van der Waals surface area contributed by atoms with Gasteiger partial charge in [-0.25, -0.2) is 0 Å². The zero-order chi connectivity index (χ0) is 24.4. The van der Waals surface area contributed by atoms with Gasteiger partial charge in [-0.15, -0.1) is 0 Å². The van der Waals surface area contributed by atoms with Gasteiger partial charge in [0, 0.05) is 24.4 Å². The SMILES string of the molecule is CCCC[Si](OC(C)C)(OC(C)C)c1ccc([Si](CCCC)(OC(C)C)OC(C)C)cc1. The Hall–Kier alpha value is -0.506. The van der Waals surface area contributed by atoms with Crippen molar-refractivity contribution in [2.24, 2.45) is 0 Å². The Morgan fingerprint density at radius 1 is 0.531 bits per heavy atom. The molecule has 0 heterocycles. The molecule has 0 aliphatic rings. The molecule has 4 nitrogen and oxygen atoms in total. The van der Waals surface area contributed by atoms with Crippen LogP contribution in [0.2, 0.25) is 12.1 Å². The van der Waals surface area contributed by atoms with Crippen molar-refractivity contribution in [1.29, 1.82) is 0 Å². The van der Waals surface area contributed by atoms with Crippen LogP contribution in [0.5, 0.6) is 0 Å². The van der Waals surface area contributed by atoms with E-state index in [4.69, 9.17) is 17.7 Å². The molecule has 0 saturated heterocycles. The molecule has 0 aliphatic carbocycles. The molecular formula is C26H50O4Si2. The van der Waals surface area contributed by atoms with E-state index in [9.17, 15) is 0 Å². The second-order valence-corrected chi connectivity index (χ2v) is 16.1. The van der Waals surface area contributed by atoms with Gasteiger partial charge in [0.2, 0.25) is 0 Å². The molecule has 0 spiro atoms. The molecule has 186 valence electrons. The smallest absolute Gasteiger partial charge is 0.372 e. The topological polar surface area (TPSA) is 36.9 Å². The zero-order valence-electron chi connectivity index (χ0n) is 22.5. The molecule has 0 N–H and O–H groups in total. The molecule has 0 aliphatic heterocycles. The minimum atomic E-state index is -2.56. The molecule has 1 aromatic carbocycles. The van der Waals surface area contributed by atoms with Crippen LogP contribution >= 0.6 is 0 Å². The van der Waals surface area contributed by atoms with Crippen molar-refractivity contribution in [1.82, 2.24) is 0 Å². The van der Waals surface area contributed by atoms with Crippen LogP contribution in [0, 0.1) is 0 Å². The van der Waals surface area contributed by atoms with E-state index in [0.29, 0.717) is 0 Å². The molecule has 1 rings (SSSR count). The maximum atomic E-state index is 6.62. The Bertz CT molecular complexity index is 554. The van der Waals surface area contributed by atoms with Crippen LogP contribution in [-0.4, -0.2) is 41.5 Å². The van der Waals surface area contributed by atoms with Crippen LogP contribution < -0.4 is 10.4 Å². The van der Waals surface area contributed by atoms with E-state index < -0.39 is 17.1 Å². The lowest BCUT2D eigenvalue weighted by Crippen LogP contribution is -2.59. The van der Waals surface area contributed by atoms with Gasteiger partial charge in [-0.1, -0.05) is 63.8 Å². The van der Waals surface area contributed by atoms with Crippen molar-refractivity contribution in [3.8, 4) is 0 Å². The van der Waals surface area contributed by atoms with Crippen LogP contribution in [0.4, 0.5) is 0 Å². The van der Waals surface area contributed by atoms with Gasteiger partial charge in [-0.3, -0.25) is 0 Å². The summed E-state index contributed by atoms with van der Waals surface area (Å²) < 4.78 is 26.5. The number of rotatable bonds is 16. The molecule has 0 radical (unpaired) electrons. The summed E-state index contributed by atoms with van der Waals surface area (Å²) >= 11 is 0. The third kappa shape index (κ3) is 9.03. The minimum Gasteiger partial charge on any atom is -0.388 e. The fourth-order valence-corrected chi connectivity index (χ4v) is 11.9. The highest BCUT2D eigenvalue weighted by Gasteiger charge is 2.44. The van der Waals surface area contributed by atoms with Gasteiger partial charge in [-0.05, 0) is 77.9 Å². The molecule has 0 unspecified atom stereocenters. The lowest BCUT2D eigenvalue weighted by Gasteiger charge is -2.36. The normalized spacial score (nSPS) is 13.2. The number of benzene rings is 1. The lowest BCUT2D eigenvalue weighted by molar-refractivity contribution is 0.113. The average Bonchev–Trinajstić information content (AvgIpc) is 2.68. The van der Waals surface area contributed by atoms with Crippen molar-refractivity contribution in [3.05, 3.63) is 24.3 Å². The first kappa shape index (κ1) is 29.5. The fraction of sp³-hybridized carbons (Fsp3) is 0.769. The Morgan fingerprint density at radius 3 is 0.969 bits per heavy atom. The van der Waals surface area contributed by atoms with Gasteiger partial charge in [0.1, 0.15) is 0 Å². The lowest BCUT2D eigenvalue weighted by atomic mass is 10.4. The monoisotopic (exact) mass is 482 g/mol. The first-order valence-electron chi connectivity index (χ1n) is 12.8. The predicted octanol–water partition coefficient (Wildman–Crippen LogP) is 6.29. The summed E-state index contributed by atoms with van der Waals surface area (Å²) in [5, 5.41) is 2.43. The summed E-state index contributed by atoms with van der Waals surface area (Å²) in [4.78, 5) is 0. The van der Waals surface area contributed by atoms with E-state index >= 15 is 0 Å². The summed E-state index contributed by atoms with van der Waals surface area (Å²) in [5.74, 6) is 0. The highest BCUT2D eigenvalue weighted by molar-refractivity contribution is 6.82. The maximum Gasteiger partial charge on any atom is 0.372 e. The van der Waals surface area contributed by atoms with Gasteiger partial charge in [0.05, 0.1) is 0 Å². The molecule has 32 heavy (non-hydrogen) atoms. The predicted molar refractivity (Wildman–Crippen MR) is 142 cm³/mol. The summed E-state index contributed by atoms with van der Waals surface area (Å²) in [6.45, 7) is 21.4. The van der Waals surface area contributed by atoms with E-state index in [1.165, 1.54) is 10.4 Å². The van der Waals surface area contributed by atoms with Crippen LogP contribution in [0.3, 0.4) is 0 Å². The first-order chi connectivity index (χ1) is 15.0. The van der Waals surface area contributed by atoms with Crippen molar-refractivity contribution in [2.45, 2.75) is 131 Å². The Labute approximate surface area is 200 Å². The average molecular weight is 483 g/mol. The number of hydrogen-bond acceptors (Lipinski definition) is 4. The van der Waals surface area contributed by atoms with Crippen LogP contribution in [0.25, 0.3) is 0 Å². The number of hydrogen-bond donors (Lipinski definition) is 0. The van der Waals surface area contributed by atoms with Gasteiger partial charge < -0.3 is 17.7 Å². The third-order valence-corrected chi connectivity index (χ3v) is 13.0. The van der Waals surface area contributed by atoms with Gasteiger partial charge in [-0.2, -0.15) is 0 Å². The van der Waals surface area contributed by atoms with E-state index in [2.05, 4.69) is 93.5 Å². The van der Waals surface area contributed by atoms with Crippen molar-refractivity contribution >= 4 is 27.5 Å². The molecule has 0 fully saturated rings. The van der Waals surface area contributed by atoms with Crippen molar-refractivity contribution in [3.63, 3.8) is 0 Å². The molecule has 0 aromatic heterocycles. The largest absolute Gasteiger partial charge is 0.388 e. The molecule has 0 atom stereocenters. The van der Waals surface area contributed by atoms with Crippen LogP contribution in [-0.2, 0) is 17.7 Å². The van der Waals surface area contributed by atoms with Crippen LogP contribution in [0.1, 0.15) is 94.9 Å². The Morgan fingerprint density at radius 2 is 0.781 bits per heavy atom. The Kier molecular flexibility index (Phi) is 12.9. The van der Waals surface area contributed by atoms with E-state index in [1.807, 2.05) is 0 Å². The molecule has 6 heteroatoms. The summed E-state index contributed by atoms with van der Waals surface area (Å²) in [5.41, 5.74) is 0. The molecule has 0 bridgehead atoms. The molecule has 0 amide bonds. The quantitative estimate of drug-likeness (QED) is 0.260. The summed E-state index contributed by atoms with van der Waals surface area (Å²) in [6, 6.07) is 10.9. The zero-order valence-corrected chi connectivity index (χ0v) is 24.5. The van der Waals surface area contributed by atoms with Gasteiger partial charge in [0.15, 0.2) is 0 Å². The minimum absolute atomic E-state index is 0.128. The van der Waals surface area contributed by atoms with Crippen molar-refractivity contribution < 1.29 is 17.7 Å². The second kappa shape index (κ2) is 14.0. The highest BCUT2D eigenvalue weighted by Crippen LogP contribution is 2.24. The standard InChI is InChI=1S/C26H50O4Si2/c1-11-13-19-31(27-21(3)4,28-22(5)6)25-15-17-26(18-16-25)32(20-14-12-2,29-23(7)8)30-24(9)10/h15-18,21-24H,11-14,19-20H2,1-10H3. The molecule has 0 saturated carbocycles. The highest BCUT2D eigenvalue weighted by atomic mass is 28.4. The fourth-order valence-electron chi connectivity index (χ4n) is 4.17. The molecule has 1 aromatic rings. The van der Waals surface area contributed by atoms with E-state index in [0.717, 1.165) is 37.8 Å². The maximum absolute atomic E-state index is 6.62. The first-order valence-corrected chi connectivity index (χ1v) is 16.9. The van der Waals surface area contributed by atoms with Crippen molar-refractivity contribution in [2.75, 3.05) is 0 Å². The second-order valence-electron chi connectivity index (χ2n) is 9.96. The van der Waals surface area contributed by atoms with E-state index in [-0.39, 0.29) is 24.4 Å². The van der Waals surface area contributed by atoms with Gasteiger partial charge >= 0.3 is 17.1 Å².